The van der Waals surface area contributed by atoms with E-state index in [1.165, 1.54) is 220 Å². The van der Waals surface area contributed by atoms with Gasteiger partial charge in [-0.25, -0.2) is 0 Å². The van der Waals surface area contributed by atoms with Crippen LogP contribution in [0.4, 0.5) is 51.2 Å². The van der Waals surface area contributed by atoms with Crippen LogP contribution in [0.5, 0.6) is 0 Å². The van der Waals surface area contributed by atoms with E-state index in [0.29, 0.717) is 0 Å². The molecule has 0 aliphatic carbocycles. The Morgan fingerprint density at radius 1 is 0.101 bits per heavy atom. The fourth-order valence-electron chi connectivity index (χ4n) is 21.7. The molecular weight excluding hydrogens is 1920 g/mol. The quantitative estimate of drug-likeness (QED) is 0.0955. The Kier molecular flexibility index (Phi) is 22.8. The lowest BCUT2D eigenvalue weighted by atomic mass is 10.0. The summed E-state index contributed by atoms with van der Waals surface area (Å²) in [6, 6.07) is 198. The van der Waals surface area contributed by atoms with Crippen LogP contribution in [0.1, 0.15) is 0 Å². The lowest BCUT2D eigenvalue weighted by Crippen LogP contribution is -2.10. The molecule has 0 spiro atoms. The number of rotatable bonds is 16. The summed E-state index contributed by atoms with van der Waals surface area (Å²) in [5.74, 6) is 0. The Hall–Kier alpha value is -17.5. The van der Waals surface area contributed by atoms with Crippen molar-refractivity contribution in [3.63, 3.8) is 0 Å². The Morgan fingerprint density at radius 3 is 0.584 bits per heavy atom. The van der Waals surface area contributed by atoms with E-state index in [4.69, 9.17) is 0 Å². The zero-order chi connectivity index (χ0) is 98.4. The van der Waals surface area contributed by atoms with Crippen LogP contribution in [0.15, 0.2) is 540 Å². The Labute approximate surface area is 886 Å². The fourth-order valence-corrected chi connectivity index (χ4v) is 28.2. The molecule has 0 aliphatic heterocycles. The van der Waals surface area contributed by atoms with Gasteiger partial charge in [-0.2, -0.15) is 0 Å². The third kappa shape index (κ3) is 16.9. The number of fused-ring (bicyclic) bond motifs is 20. The van der Waals surface area contributed by atoms with Crippen LogP contribution >= 0.6 is 68.0 Å². The van der Waals surface area contributed by atoms with Gasteiger partial charge in [0, 0.05) is 172 Å². The fraction of sp³-hybridized carbons (Fsp3) is 0. The summed E-state index contributed by atoms with van der Waals surface area (Å²) >= 11 is 11.2. The maximum absolute atomic E-state index is 2.39. The molecule has 0 bridgehead atoms. The molecular formula is C140H89N3S6. The van der Waals surface area contributed by atoms with E-state index < -0.39 is 0 Å². The van der Waals surface area contributed by atoms with Crippen molar-refractivity contribution in [3.8, 4) is 77.9 Å². The van der Waals surface area contributed by atoms with E-state index in [2.05, 4.69) is 555 Å². The molecule has 3 nitrogen and oxygen atoms in total. The van der Waals surface area contributed by atoms with Crippen LogP contribution in [0.3, 0.4) is 0 Å². The molecule has 0 saturated heterocycles. The highest BCUT2D eigenvalue weighted by Crippen LogP contribution is 2.50. The van der Waals surface area contributed by atoms with Crippen LogP contribution in [0.25, 0.3) is 220 Å². The highest BCUT2D eigenvalue weighted by molar-refractivity contribution is 7.28. The standard InChI is InChI=1S/C48H31NS2.2C46H29NS2/c1-2-8-32(9-3-1)33-14-22-38(23-15-33)49(39-24-16-34(17-25-39)36-20-28-47-43(30-36)41-10-4-6-12-45(41)50-47)40-26-18-35(19-27-40)37-21-29-48-44(31-37)42-11-5-7-13-46(42)51-48;1-2-10-37-32(8-1)9-7-13-42(37)47(35-22-16-30(17-23-35)33-20-26-45-40(28-33)38-11-3-5-14-43(38)48-45)36-24-18-31(19-25-36)34-21-27-46-41(29-34)39-12-4-6-15-44(39)49-46;1-2-8-33-27-38(24-17-30(33)7-1)47(36-20-13-31(14-21-36)34-18-25-45-41(28-34)39-9-3-5-11-43(39)48-45)37-22-15-32(16-23-37)35-19-26-46-42(29-35)40-10-4-6-12-44(40)49-46/h1-31H;2*1-29H. The Morgan fingerprint density at radius 2 is 0.295 bits per heavy atom. The van der Waals surface area contributed by atoms with Gasteiger partial charge in [-0.15, -0.1) is 68.0 Å². The van der Waals surface area contributed by atoms with Crippen molar-refractivity contribution in [2.75, 3.05) is 14.7 Å². The van der Waals surface area contributed by atoms with Gasteiger partial charge >= 0.3 is 0 Å². The van der Waals surface area contributed by atoms with E-state index in [-0.39, 0.29) is 0 Å². The normalized spacial score (nSPS) is 11.6. The van der Waals surface area contributed by atoms with Gasteiger partial charge in [-0.05, 0) is 306 Å². The second-order valence-corrected chi connectivity index (χ2v) is 44.6. The van der Waals surface area contributed by atoms with Gasteiger partial charge in [0.1, 0.15) is 0 Å². The van der Waals surface area contributed by atoms with Crippen molar-refractivity contribution < 1.29 is 0 Å². The first-order valence-electron chi connectivity index (χ1n) is 50.4. The maximum Gasteiger partial charge on any atom is 0.0540 e. The number of nitrogens with zero attached hydrogens (tertiary/aromatic N) is 3. The highest BCUT2D eigenvalue weighted by Gasteiger charge is 2.23. The molecule has 0 N–H and O–H groups in total. The van der Waals surface area contributed by atoms with Crippen molar-refractivity contribution in [1.29, 1.82) is 0 Å². The number of hydrogen-bond acceptors (Lipinski definition) is 9. The zero-order valence-electron chi connectivity index (χ0n) is 80.7. The average Bonchev–Trinajstić information content (AvgIpc) is 1.15. The van der Waals surface area contributed by atoms with E-state index in [0.717, 1.165) is 51.2 Å². The maximum atomic E-state index is 2.39. The molecule has 700 valence electrons. The zero-order valence-corrected chi connectivity index (χ0v) is 85.6. The van der Waals surface area contributed by atoms with Crippen molar-refractivity contribution >= 4 is 262 Å². The van der Waals surface area contributed by atoms with E-state index in [9.17, 15) is 0 Å². The molecule has 30 aromatic rings. The summed E-state index contributed by atoms with van der Waals surface area (Å²) in [5.41, 5.74) is 27.3. The van der Waals surface area contributed by atoms with Crippen molar-refractivity contribution in [2.24, 2.45) is 0 Å². The summed E-state index contributed by atoms with van der Waals surface area (Å²) in [5, 5.41) is 20.8. The van der Waals surface area contributed by atoms with Crippen LogP contribution in [-0.2, 0) is 0 Å². The summed E-state index contributed by atoms with van der Waals surface area (Å²) in [6.07, 6.45) is 0. The Balaban J connectivity index is 0.000000108. The first-order chi connectivity index (χ1) is 73.8. The minimum atomic E-state index is 1.12. The molecule has 0 aliphatic rings. The summed E-state index contributed by atoms with van der Waals surface area (Å²) in [4.78, 5) is 7.11. The molecule has 6 heterocycles. The second-order valence-electron chi connectivity index (χ2n) is 38.1. The summed E-state index contributed by atoms with van der Waals surface area (Å²) < 4.78 is 16.0. The van der Waals surface area contributed by atoms with Crippen LogP contribution in [0.2, 0.25) is 0 Å². The molecule has 0 amide bonds. The molecule has 0 fully saturated rings. The van der Waals surface area contributed by atoms with Gasteiger partial charge in [0.15, 0.2) is 0 Å². The summed E-state index contributed by atoms with van der Waals surface area (Å²) in [7, 11) is 0. The van der Waals surface area contributed by atoms with Crippen LogP contribution in [0, 0.1) is 0 Å². The molecule has 9 heteroatoms. The largest absolute Gasteiger partial charge is 0.311 e. The average molecular weight is 2010 g/mol. The molecule has 0 unspecified atom stereocenters. The van der Waals surface area contributed by atoms with Gasteiger partial charge < -0.3 is 14.7 Å². The van der Waals surface area contributed by atoms with Gasteiger partial charge in [-0.3, -0.25) is 0 Å². The topological polar surface area (TPSA) is 9.72 Å². The molecule has 24 aromatic carbocycles. The molecule has 6 aromatic heterocycles. The van der Waals surface area contributed by atoms with E-state index in [1.807, 2.05) is 68.0 Å². The number of benzene rings is 24. The smallest absolute Gasteiger partial charge is 0.0540 e. The third-order valence-corrected chi connectivity index (χ3v) is 36.2. The van der Waals surface area contributed by atoms with E-state index in [1.54, 1.807) is 0 Å². The molecule has 0 radical (unpaired) electrons. The van der Waals surface area contributed by atoms with Crippen molar-refractivity contribution in [1.82, 2.24) is 0 Å². The molecule has 0 atom stereocenters. The lowest BCUT2D eigenvalue weighted by Gasteiger charge is -2.27. The first-order valence-corrected chi connectivity index (χ1v) is 55.3. The van der Waals surface area contributed by atoms with Crippen LogP contribution in [-0.4, -0.2) is 0 Å². The minimum absolute atomic E-state index is 1.12. The van der Waals surface area contributed by atoms with Gasteiger partial charge in [0.2, 0.25) is 0 Å². The van der Waals surface area contributed by atoms with Gasteiger partial charge in [0.05, 0.1) is 5.69 Å². The van der Waals surface area contributed by atoms with Gasteiger partial charge in [0.25, 0.3) is 0 Å². The monoisotopic (exact) mass is 2000 g/mol. The second kappa shape index (κ2) is 38.2. The summed E-state index contributed by atoms with van der Waals surface area (Å²) in [6.45, 7) is 0. The predicted molar refractivity (Wildman–Crippen MR) is 654 cm³/mol. The molecule has 0 saturated carbocycles. The molecule has 149 heavy (non-hydrogen) atoms. The number of hydrogen-bond donors (Lipinski definition) is 0. The highest BCUT2D eigenvalue weighted by atomic mass is 32.1. The number of anilines is 9. The minimum Gasteiger partial charge on any atom is -0.311 e. The number of thiophene rings is 6. The van der Waals surface area contributed by atoms with Gasteiger partial charge in [-0.1, -0.05) is 328 Å². The van der Waals surface area contributed by atoms with Crippen LogP contribution < -0.4 is 14.7 Å². The third-order valence-electron chi connectivity index (χ3n) is 29.2. The Bertz CT molecular complexity index is 9870. The SMILES string of the molecule is c1ccc(-c2ccc(N(c3ccc(-c4ccc5sc6ccccc6c5c4)cc3)c3ccc(-c4ccc5sc6ccccc6c5c4)cc3)cc2)cc1.c1ccc2c(N(c3ccc(-c4ccc5sc6ccccc6c5c4)cc3)c3ccc(-c4ccc5sc6ccccc6c5c4)cc3)cccc2c1.c1ccc2cc(N(c3ccc(-c4ccc5sc6ccccc6c5c4)cc3)c3ccc(-c4ccc5sc6ccccc6c5c4)cc3)ccc2c1. The van der Waals surface area contributed by atoms with E-state index >= 15 is 0 Å². The first kappa shape index (κ1) is 89.2. The van der Waals surface area contributed by atoms with Crippen molar-refractivity contribution in [3.05, 3.63) is 540 Å². The predicted octanol–water partition coefficient (Wildman–Crippen LogP) is 43.7. The molecule has 30 rings (SSSR count). The lowest BCUT2D eigenvalue weighted by molar-refractivity contribution is 1.28. The van der Waals surface area contributed by atoms with Crippen molar-refractivity contribution in [2.45, 2.75) is 0 Å².